The van der Waals surface area contributed by atoms with E-state index in [4.69, 9.17) is 0 Å². The van der Waals surface area contributed by atoms with Gasteiger partial charge in [0.25, 0.3) is 0 Å². The van der Waals surface area contributed by atoms with Gasteiger partial charge in [-0.25, -0.2) is 0 Å². The van der Waals surface area contributed by atoms with Crippen molar-refractivity contribution in [3.63, 3.8) is 0 Å². The van der Waals surface area contributed by atoms with E-state index in [0.717, 1.165) is 6.08 Å². The van der Waals surface area contributed by atoms with Gasteiger partial charge in [0.05, 0.1) is 0 Å². The molecule has 2 aliphatic carbocycles. The van der Waals surface area contributed by atoms with E-state index in [1.54, 1.807) is 0 Å². The minimum Gasteiger partial charge on any atom is -0.876 e. The molecule has 0 heterocycles. The number of hydrogen-bond donors (Lipinski definition) is 0. The second-order valence-electron chi connectivity index (χ2n) is 3.41. The van der Waals surface area contributed by atoms with Crippen LogP contribution in [0.3, 0.4) is 0 Å². The van der Waals surface area contributed by atoms with Crippen molar-refractivity contribution in [2.24, 2.45) is 0 Å². The molecule has 18 heavy (non-hydrogen) atoms. The molecule has 0 spiro atoms. The quantitative estimate of drug-likeness (QED) is 0.690. The number of allylic oxidation sites excluding steroid dienone is 9. The first-order valence-corrected chi connectivity index (χ1v) is 5.47. The minimum atomic E-state index is -0.850. The van der Waals surface area contributed by atoms with Gasteiger partial charge < -0.3 is 10.2 Å². The Balaban J connectivity index is -0.000000194. The molecule has 97 valence electrons. The maximum absolute atomic E-state index is 10.1. The normalized spacial score (nSPS) is 16.3. The van der Waals surface area contributed by atoms with Crippen molar-refractivity contribution in [3.05, 3.63) is 73.3 Å². The van der Waals surface area contributed by atoms with Crippen LogP contribution in [0.5, 0.6) is 0 Å². The molecule has 0 aromatic carbocycles. The van der Waals surface area contributed by atoms with Crippen molar-refractivity contribution >= 4 is 0 Å². The average Bonchev–Trinajstić information content (AvgIpc) is 2.96. The molecule has 0 aromatic rings. The summed E-state index contributed by atoms with van der Waals surface area (Å²) in [5, 5.41) is 20.1. The monoisotopic (exact) mass is 283 g/mol. The Bertz CT molecular complexity index is 283. The van der Waals surface area contributed by atoms with E-state index in [9.17, 15) is 10.2 Å². The first-order chi connectivity index (χ1) is 8.13. The summed E-state index contributed by atoms with van der Waals surface area (Å²) in [6, 6.07) is 0. The minimum absolute atomic E-state index is 0. The SMILES string of the molecule is C/C([O-])=C/C(C)[O-].[CH]1C=CC=C1.[CH]1C=CC=C1.[HH].[V+2]. The third-order valence-electron chi connectivity index (χ3n) is 1.58. The Morgan fingerprint density at radius 3 is 1.33 bits per heavy atom. The third kappa shape index (κ3) is 17.4. The van der Waals surface area contributed by atoms with Gasteiger partial charge in [-0.05, 0) is 0 Å². The summed E-state index contributed by atoms with van der Waals surface area (Å²) < 4.78 is 0. The van der Waals surface area contributed by atoms with Gasteiger partial charge in [-0.15, -0.1) is 17.9 Å². The van der Waals surface area contributed by atoms with Gasteiger partial charge in [0, 0.05) is 14.3 Å². The second-order valence-corrected chi connectivity index (χ2v) is 3.41. The molecule has 0 aliphatic heterocycles. The molecule has 0 saturated heterocycles. The topological polar surface area (TPSA) is 46.1 Å². The molecule has 0 aromatic heterocycles. The fraction of sp³-hybridized carbons (Fsp3) is 0.200. The molecule has 2 nitrogen and oxygen atoms in total. The van der Waals surface area contributed by atoms with Crippen LogP contribution >= 0.6 is 0 Å². The van der Waals surface area contributed by atoms with E-state index in [1.807, 2.05) is 61.4 Å². The smallest absolute Gasteiger partial charge is 0.876 e. The molecule has 2 rings (SSSR count). The summed E-state index contributed by atoms with van der Waals surface area (Å²) in [4.78, 5) is 0. The van der Waals surface area contributed by atoms with Crippen LogP contribution < -0.4 is 10.2 Å². The predicted octanol–water partition coefficient (Wildman–Crippen LogP) is 1.88. The second kappa shape index (κ2) is 14.1. The van der Waals surface area contributed by atoms with Crippen molar-refractivity contribution in [2.45, 2.75) is 20.0 Å². The van der Waals surface area contributed by atoms with Crippen LogP contribution in [0, 0.1) is 12.8 Å². The fourth-order valence-electron chi connectivity index (χ4n) is 0.972. The van der Waals surface area contributed by atoms with Crippen molar-refractivity contribution < 1.29 is 30.2 Å². The van der Waals surface area contributed by atoms with Crippen LogP contribution in [0.1, 0.15) is 15.3 Å². The van der Waals surface area contributed by atoms with E-state index in [1.165, 1.54) is 13.8 Å². The third-order valence-corrected chi connectivity index (χ3v) is 1.58. The molecule has 3 radical (unpaired) electrons. The van der Waals surface area contributed by atoms with E-state index in [-0.39, 0.29) is 25.7 Å². The summed E-state index contributed by atoms with van der Waals surface area (Å²) in [7, 11) is 0. The molecule has 0 fully saturated rings. The molecule has 2 aliphatic rings. The predicted molar refractivity (Wildman–Crippen MR) is 70.5 cm³/mol. The van der Waals surface area contributed by atoms with Crippen LogP contribution in [0.15, 0.2) is 60.4 Å². The zero-order chi connectivity index (χ0) is 12.9. The van der Waals surface area contributed by atoms with Crippen molar-refractivity contribution in [1.82, 2.24) is 0 Å². The first-order valence-electron chi connectivity index (χ1n) is 5.47. The molecule has 0 amide bonds. The summed E-state index contributed by atoms with van der Waals surface area (Å²) in [6.07, 6.45) is 20.3. The molecule has 0 saturated carbocycles. The van der Waals surface area contributed by atoms with Gasteiger partial charge in [-0.3, -0.25) is 0 Å². The zero-order valence-corrected chi connectivity index (χ0v) is 12.1. The molecule has 1 unspecified atom stereocenters. The van der Waals surface area contributed by atoms with E-state index in [2.05, 4.69) is 0 Å². The van der Waals surface area contributed by atoms with E-state index in [0.29, 0.717) is 0 Å². The van der Waals surface area contributed by atoms with Crippen molar-refractivity contribution in [3.8, 4) is 0 Å². The molecule has 0 N–H and O–H groups in total. The van der Waals surface area contributed by atoms with Gasteiger partial charge in [0.2, 0.25) is 0 Å². The number of hydrogen-bond acceptors (Lipinski definition) is 2. The Hall–Kier alpha value is -0.956. The summed E-state index contributed by atoms with van der Waals surface area (Å²) in [6.45, 7) is 2.80. The van der Waals surface area contributed by atoms with E-state index >= 15 is 0 Å². The zero-order valence-electron chi connectivity index (χ0n) is 10.7. The first kappa shape index (κ1) is 19.4. The van der Waals surface area contributed by atoms with Crippen LogP contribution in [0.25, 0.3) is 0 Å². The largest absolute Gasteiger partial charge is 2.00 e. The van der Waals surface area contributed by atoms with Gasteiger partial charge in [0.1, 0.15) is 0 Å². The van der Waals surface area contributed by atoms with Crippen LogP contribution in [-0.2, 0) is 18.6 Å². The number of rotatable bonds is 1. The average molecular weight is 283 g/mol. The van der Waals surface area contributed by atoms with Crippen molar-refractivity contribution in [2.75, 3.05) is 0 Å². The Morgan fingerprint density at radius 1 is 0.944 bits per heavy atom. The van der Waals surface area contributed by atoms with Crippen LogP contribution in [-0.4, -0.2) is 6.10 Å². The van der Waals surface area contributed by atoms with Gasteiger partial charge in [-0.2, -0.15) is 0 Å². The van der Waals surface area contributed by atoms with Gasteiger partial charge in [0.15, 0.2) is 0 Å². The van der Waals surface area contributed by atoms with Crippen LogP contribution in [0.2, 0.25) is 0 Å². The molecular formula is C15H20O2V. The molecular weight excluding hydrogens is 263 g/mol. The fourth-order valence-corrected chi connectivity index (χ4v) is 0.972. The maximum atomic E-state index is 10.1. The summed E-state index contributed by atoms with van der Waals surface area (Å²) in [5.41, 5.74) is 0. The standard InChI is InChI=1S/C5H9O2.2C5H5.V.H2/c1-4(6)3-5(2)7;2*1-2-4-5-3-1;;/h3-4,7H,1-2H3;2*1-5H;;1H/q-1;;;+2;/p-1/b5-3-;;;;. The summed E-state index contributed by atoms with van der Waals surface area (Å²) in [5.74, 6) is -0.150. The van der Waals surface area contributed by atoms with Gasteiger partial charge >= 0.3 is 18.6 Å². The Labute approximate surface area is 123 Å². The molecule has 0 bridgehead atoms. The van der Waals surface area contributed by atoms with Gasteiger partial charge in [-0.1, -0.05) is 62.5 Å². The Kier molecular flexibility index (Phi) is 15.2. The maximum Gasteiger partial charge on any atom is 2.00 e. The summed E-state index contributed by atoms with van der Waals surface area (Å²) >= 11 is 0. The molecule has 3 heteroatoms. The van der Waals surface area contributed by atoms with E-state index < -0.39 is 6.10 Å². The molecule has 1 atom stereocenters. The van der Waals surface area contributed by atoms with Crippen molar-refractivity contribution in [1.29, 1.82) is 0 Å². The Morgan fingerprint density at radius 2 is 1.28 bits per heavy atom. The van der Waals surface area contributed by atoms with Crippen LogP contribution in [0.4, 0.5) is 0 Å².